The average molecular weight is 399 g/mol. The van der Waals surface area contributed by atoms with Crippen molar-refractivity contribution in [3.05, 3.63) is 41.5 Å². The molecule has 0 saturated heterocycles. The van der Waals surface area contributed by atoms with Crippen molar-refractivity contribution < 1.29 is 9.59 Å². The van der Waals surface area contributed by atoms with Gasteiger partial charge in [-0.25, -0.2) is 4.79 Å². The van der Waals surface area contributed by atoms with E-state index in [9.17, 15) is 9.59 Å². The van der Waals surface area contributed by atoms with Gasteiger partial charge in [0.15, 0.2) is 0 Å². The molecule has 1 aromatic carbocycles. The monoisotopic (exact) mass is 398 g/mol. The molecule has 1 aliphatic heterocycles. The maximum atomic E-state index is 12.1. The minimum Gasteiger partial charge on any atom is -0.350 e. The lowest BCUT2D eigenvalue weighted by Gasteiger charge is -2.12. The maximum absolute atomic E-state index is 12.1. The van der Waals surface area contributed by atoms with Crippen LogP contribution < -0.4 is 16.0 Å². The molecule has 0 fully saturated rings. The number of hydrogen-bond donors (Lipinski definition) is 3. The highest BCUT2D eigenvalue weighted by molar-refractivity contribution is 5.95. The van der Waals surface area contributed by atoms with Crippen LogP contribution in [-0.2, 0) is 19.4 Å². The molecule has 3 amide bonds. The molecule has 3 rings (SSSR count). The molecule has 8 heteroatoms. The lowest BCUT2D eigenvalue weighted by atomic mass is 10.1. The van der Waals surface area contributed by atoms with E-state index in [2.05, 4.69) is 30.7 Å². The predicted molar refractivity (Wildman–Crippen MR) is 112 cm³/mol. The molecular weight excluding hydrogens is 368 g/mol. The molecule has 2 aromatic rings. The molecule has 0 spiro atoms. The van der Waals surface area contributed by atoms with Gasteiger partial charge in [-0.15, -0.1) is 10.2 Å². The zero-order chi connectivity index (χ0) is 20.6. The third-order valence-electron chi connectivity index (χ3n) is 5.22. The van der Waals surface area contributed by atoms with Gasteiger partial charge in [-0.2, -0.15) is 0 Å². The van der Waals surface area contributed by atoms with Crippen molar-refractivity contribution in [1.82, 2.24) is 25.4 Å². The first-order valence-corrected chi connectivity index (χ1v) is 10.4. The number of nitrogens with one attached hydrogen (secondary N) is 3. The Morgan fingerprint density at radius 3 is 2.69 bits per heavy atom. The number of fused-ring (bicyclic) bond motifs is 1. The molecule has 29 heavy (non-hydrogen) atoms. The first-order valence-electron chi connectivity index (χ1n) is 10.4. The summed E-state index contributed by atoms with van der Waals surface area (Å²) in [6.07, 6.45) is 6.04. The van der Waals surface area contributed by atoms with Gasteiger partial charge < -0.3 is 20.5 Å². The largest absolute Gasteiger partial charge is 0.350 e. The number of carbonyl (C=O) groups excluding carboxylic acids is 2. The fraction of sp³-hybridized carbons (Fsp3) is 0.524. The van der Waals surface area contributed by atoms with Crippen LogP contribution in [-0.4, -0.2) is 39.3 Å². The third kappa shape index (κ3) is 5.79. The molecule has 0 radical (unpaired) electrons. The fourth-order valence-electron chi connectivity index (χ4n) is 3.31. The summed E-state index contributed by atoms with van der Waals surface area (Å²) in [6.45, 7) is 5.44. The maximum Gasteiger partial charge on any atom is 0.319 e. The lowest BCUT2D eigenvalue weighted by molar-refractivity contribution is 0.0939. The van der Waals surface area contributed by atoms with E-state index in [1.807, 2.05) is 13.8 Å². The molecule has 0 bridgehead atoms. The van der Waals surface area contributed by atoms with Crippen LogP contribution in [0.5, 0.6) is 0 Å². The van der Waals surface area contributed by atoms with Crippen molar-refractivity contribution in [2.45, 2.75) is 65.0 Å². The smallest absolute Gasteiger partial charge is 0.319 e. The van der Waals surface area contributed by atoms with Gasteiger partial charge in [0.2, 0.25) is 0 Å². The van der Waals surface area contributed by atoms with Gasteiger partial charge in [-0.3, -0.25) is 4.79 Å². The van der Waals surface area contributed by atoms with E-state index < -0.39 is 0 Å². The summed E-state index contributed by atoms with van der Waals surface area (Å²) in [5.74, 6) is 1.88. The number of carbonyl (C=O) groups is 2. The Balaban J connectivity index is 1.45. The number of aryl methyl sites for hydroxylation is 1. The van der Waals surface area contributed by atoms with E-state index in [0.717, 1.165) is 43.9 Å². The number of urea groups is 1. The second-order valence-corrected chi connectivity index (χ2v) is 7.49. The van der Waals surface area contributed by atoms with Crippen LogP contribution >= 0.6 is 0 Å². The van der Waals surface area contributed by atoms with E-state index in [1.54, 1.807) is 24.3 Å². The zero-order valence-corrected chi connectivity index (χ0v) is 17.2. The van der Waals surface area contributed by atoms with E-state index in [0.29, 0.717) is 24.2 Å². The SMILES string of the molecule is CCC(C)NC(=O)c1ccc(NC(=O)NCCc2nnc3n2CCCCC3)cc1. The lowest BCUT2D eigenvalue weighted by Crippen LogP contribution is -2.32. The molecule has 156 valence electrons. The van der Waals surface area contributed by atoms with Gasteiger partial charge in [0, 0.05) is 43.2 Å². The molecule has 8 nitrogen and oxygen atoms in total. The Morgan fingerprint density at radius 1 is 1.14 bits per heavy atom. The molecule has 0 aliphatic carbocycles. The van der Waals surface area contributed by atoms with Crippen LogP contribution in [0.25, 0.3) is 0 Å². The van der Waals surface area contributed by atoms with Crippen LogP contribution in [0.15, 0.2) is 24.3 Å². The summed E-state index contributed by atoms with van der Waals surface area (Å²) in [6, 6.07) is 6.72. The summed E-state index contributed by atoms with van der Waals surface area (Å²) in [7, 11) is 0. The molecule has 0 saturated carbocycles. The Bertz CT molecular complexity index is 830. The van der Waals surface area contributed by atoms with Crippen molar-refractivity contribution in [3.63, 3.8) is 0 Å². The highest BCUT2D eigenvalue weighted by atomic mass is 16.2. The Morgan fingerprint density at radius 2 is 1.93 bits per heavy atom. The number of benzene rings is 1. The van der Waals surface area contributed by atoms with Crippen LogP contribution in [0.4, 0.5) is 10.5 Å². The van der Waals surface area contributed by atoms with Gasteiger partial charge in [0.1, 0.15) is 11.6 Å². The minimum absolute atomic E-state index is 0.109. The summed E-state index contributed by atoms with van der Waals surface area (Å²) in [5.41, 5.74) is 1.21. The summed E-state index contributed by atoms with van der Waals surface area (Å²) in [4.78, 5) is 24.2. The van der Waals surface area contributed by atoms with Gasteiger partial charge in [-0.05, 0) is 50.5 Å². The highest BCUT2D eigenvalue weighted by Crippen LogP contribution is 2.14. The second-order valence-electron chi connectivity index (χ2n) is 7.49. The number of rotatable bonds is 7. The van der Waals surface area contributed by atoms with Crippen LogP contribution in [0.3, 0.4) is 0 Å². The number of aromatic nitrogens is 3. The quantitative estimate of drug-likeness (QED) is 0.667. The van der Waals surface area contributed by atoms with Crippen molar-refractivity contribution in [3.8, 4) is 0 Å². The second kappa shape index (κ2) is 10.0. The summed E-state index contributed by atoms with van der Waals surface area (Å²) in [5, 5.41) is 17.1. The molecule has 1 aliphatic rings. The number of anilines is 1. The third-order valence-corrected chi connectivity index (χ3v) is 5.22. The van der Waals surface area contributed by atoms with E-state index in [-0.39, 0.29) is 18.0 Å². The normalized spacial score (nSPS) is 14.4. The van der Waals surface area contributed by atoms with Gasteiger partial charge in [0.05, 0.1) is 0 Å². The Labute approximate surface area is 171 Å². The predicted octanol–water partition coefficient (Wildman–Crippen LogP) is 2.90. The summed E-state index contributed by atoms with van der Waals surface area (Å²) < 4.78 is 2.19. The topological polar surface area (TPSA) is 101 Å². The fourth-order valence-corrected chi connectivity index (χ4v) is 3.31. The average Bonchev–Trinajstić information content (AvgIpc) is 2.94. The first-order chi connectivity index (χ1) is 14.1. The summed E-state index contributed by atoms with van der Waals surface area (Å²) >= 11 is 0. The van der Waals surface area contributed by atoms with Gasteiger partial charge in [-0.1, -0.05) is 13.3 Å². The first kappa shape index (κ1) is 20.8. The minimum atomic E-state index is -0.280. The van der Waals surface area contributed by atoms with E-state index in [4.69, 9.17) is 0 Å². The van der Waals surface area contributed by atoms with Crippen LogP contribution in [0.2, 0.25) is 0 Å². The van der Waals surface area contributed by atoms with Gasteiger partial charge >= 0.3 is 6.03 Å². The number of amides is 3. The standard InChI is InChI=1S/C21H30N6O2/c1-3-15(2)23-20(28)16-8-10-17(11-9-16)24-21(29)22-13-12-19-26-25-18-7-5-4-6-14-27(18)19/h8-11,15H,3-7,12-14H2,1-2H3,(H,23,28)(H2,22,24,29). The highest BCUT2D eigenvalue weighted by Gasteiger charge is 2.14. The Hall–Kier alpha value is -2.90. The van der Waals surface area contributed by atoms with Gasteiger partial charge in [0.25, 0.3) is 5.91 Å². The molecular formula is C21H30N6O2. The molecule has 1 aromatic heterocycles. The zero-order valence-electron chi connectivity index (χ0n) is 17.2. The number of hydrogen-bond acceptors (Lipinski definition) is 4. The molecule has 1 unspecified atom stereocenters. The van der Waals surface area contributed by atoms with Crippen LogP contribution in [0.1, 0.15) is 61.5 Å². The van der Waals surface area contributed by atoms with Crippen molar-refractivity contribution in [1.29, 1.82) is 0 Å². The van der Waals surface area contributed by atoms with Crippen molar-refractivity contribution in [2.75, 3.05) is 11.9 Å². The van der Waals surface area contributed by atoms with Crippen molar-refractivity contribution >= 4 is 17.6 Å². The molecule has 3 N–H and O–H groups in total. The number of nitrogens with zero attached hydrogens (tertiary/aromatic N) is 3. The van der Waals surface area contributed by atoms with Crippen LogP contribution in [0, 0.1) is 0 Å². The molecule has 1 atom stereocenters. The van der Waals surface area contributed by atoms with Crippen molar-refractivity contribution in [2.24, 2.45) is 0 Å². The van der Waals surface area contributed by atoms with E-state index in [1.165, 1.54) is 6.42 Å². The molecule has 2 heterocycles. The van der Waals surface area contributed by atoms with E-state index >= 15 is 0 Å². The Kier molecular flexibility index (Phi) is 7.21.